The average Bonchev–Trinajstić information content (AvgIpc) is 3.28. The van der Waals surface area contributed by atoms with Gasteiger partial charge in [0.2, 0.25) is 15.8 Å². The lowest BCUT2D eigenvalue weighted by molar-refractivity contribution is -0.138. The summed E-state index contributed by atoms with van der Waals surface area (Å²) in [6, 6.07) is 1.21. The predicted molar refractivity (Wildman–Crippen MR) is 137 cm³/mol. The number of esters is 2. The molecule has 2 heterocycles. The van der Waals surface area contributed by atoms with Crippen molar-refractivity contribution in [3.63, 3.8) is 0 Å². The Labute approximate surface area is 223 Å². The fraction of sp³-hybridized carbons (Fsp3) is 0.750. The second-order valence-corrected chi connectivity index (χ2v) is 12.2. The molecule has 0 saturated carbocycles. The summed E-state index contributed by atoms with van der Waals surface area (Å²) in [6.07, 6.45) is 2.52. The minimum absolute atomic E-state index is 0.0736. The summed E-state index contributed by atoms with van der Waals surface area (Å²) in [6.45, 7) is 9.04. The number of rotatable bonds is 13. The molecule has 1 aliphatic heterocycles. The lowest BCUT2D eigenvalue weighted by atomic mass is 9.92. The molecule has 0 unspecified atom stereocenters. The van der Waals surface area contributed by atoms with E-state index in [0.29, 0.717) is 38.5 Å². The van der Waals surface area contributed by atoms with Gasteiger partial charge < -0.3 is 29.4 Å². The Morgan fingerprint density at radius 2 is 1.92 bits per heavy atom. The van der Waals surface area contributed by atoms with E-state index in [2.05, 4.69) is 14.6 Å². The zero-order chi connectivity index (χ0) is 28.3. The molecule has 1 fully saturated rings. The highest BCUT2D eigenvalue weighted by atomic mass is 32.2. The van der Waals surface area contributed by atoms with E-state index < -0.39 is 40.1 Å². The molecule has 1 aliphatic rings. The smallest absolute Gasteiger partial charge is 0.410 e. The van der Waals surface area contributed by atoms with Crippen molar-refractivity contribution in [1.29, 1.82) is 0 Å². The van der Waals surface area contributed by atoms with Gasteiger partial charge in [0.25, 0.3) is 5.88 Å². The Kier molecular flexibility index (Phi) is 12.0. The highest BCUT2D eigenvalue weighted by Gasteiger charge is 2.27. The Morgan fingerprint density at radius 1 is 1.24 bits per heavy atom. The van der Waals surface area contributed by atoms with Crippen molar-refractivity contribution in [1.82, 2.24) is 14.8 Å². The SMILES string of the molecule is CCCCS(=O)(=O)N[C@H](N)CC(=O)OC(=O)c1cc(OCCCC2CCN(C(=O)OC(C)(C)C)CC2)no1. The molecule has 1 amide bonds. The number of sulfonamides is 1. The molecule has 14 heteroatoms. The van der Waals surface area contributed by atoms with Gasteiger partial charge in [-0.3, -0.25) is 4.79 Å². The van der Waals surface area contributed by atoms with Gasteiger partial charge in [-0.1, -0.05) is 13.3 Å². The molecular formula is C24H40N4O9S. The molecular weight excluding hydrogens is 520 g/mol. The van der Waals surface area contributed by atoms with E-state index in [0.717, 1.165) is 25.7 Å². The van der Waals surface area contributed by atoms with Gasteiger partial charge in [0.1, 0.15) is 5.60 Å². The average molecular weight is 561 g/mol. The highest BCUT2D eigenvalue weighted by molar-refractivity contribution is 7.89. The molecule has 0 radical (unpaired) electrons. The van der Waals surface area contributed by atoms with Crippen molar-refractivity contribution in [3.8, 4) is 5.88 Å². The monoisotopic (exact) mass is 560 g/mol. The van der Waals surface area contributed by atoms with Gasteiger partial charge in [0, 0.05) is 13.1 Å². The van der Waals surface area contributed by atoms with Crippen molar-refractivity contribution in [2.45, 2.75) is 84.4 Å². The number of nitrogens with one attached hydrogen (secondary N) is 1. The zero-order valence-electron chi connectivity index (χ0n) is 22.6. The van der Waals surface area contributed by atoms with Crippen LogP contribution in [0.5, 0.6) is 5.88 Å². The van der Waals surface area contributed by atoms with Crippen LogP contribution in [0.15, 0.2) is 10.6 Å². The first-order valence-corrected chi connectivity index (χ1v) is 14.5. The number of carbonyl (C=O) groups is 3. The normalized spacial score (nSPS) is 15.7. The number of aromatic nitrogens is 1. The van der Waals surface area contributed by atoms with Crippen molar-refractivity contribution in [2.75, 3.05) is 25.4 Å². The van der Waals surface area contributed by atoms with Crippen molar-refractivity contribution in [2.24, 2.45) is 11.7 Å². The number of amides is 1. The molecule has 0 bridgehead atoms. The van der Waals surface area contributed by atoms with E-state index in [-0.39, 0.29) is 23.5 Å². The summed E-state index contributed by atoms with van der Waals surface area (Å²) >= 11 is 0. The van der Waals surface area contributed by atoms with Crippen LogP contribution in [0.2, 0.25) is 0 Å². The Balaban J connectivity index is 1.66. The van der Waals surface area contributed by atoms with E-state index in [9.17, 15) is 22.8 Å². The molecule has 1 saturated heterocycles. The largest absolute Gasteiger partial charge is 0.475 e. The molecule has 1 aromatic heterocycles. The lowest BCUT2D eigenvalue weighted by Crippen LogP contribution is -2.44. The first-order valence-electron chi connectivity index (χ1n) is 12.9. The van der Waals surface area contributed by atoms with Gasteiger partial charge in [0.15, 0.2) is 0 Å². The van der Waals surface area contributed by atoms with Crippen molar-refractivity contribution >= 4 is 28.1 Å². The maximum atomic E-state index is 12.2. The molecule has 0 aliphatic carbocycles. The van der Waals surface area contributed by atoms with Crippen molar-refractivity contribution < 1.29 is 41.5 Å². The third kappa shape index (κ3) is 11.8. The number of unbranched alkanes of at least 4 members (excludes halogenated alkanes) is 1. The molecule has 38 heavy (non-hydrogen) atoms. The number of likely N-dealkylation sites (tertiary alicyclic amines) is 1. The van der Waals surface area contributed by atoms with E-state index >= 15 is 0 Å². The fourth-order valence-corrected chi connectivity index (χ4v) is 5.07. The number of hydrogen-bond acceptors (Lipinski definition) is 11. The maximum Gasteiger partial charge on any atom is 0.410 e. The van der Waals surface area contributed by atoms with Crippen LogP contribution in [0.1, 0.15) is 83.2 Å². The van der Waals surface area contributed by atoms with Crippen LogP contribution < -0.4 is 15.2 Å². The van der Waals surface area contributed by atoms with Gasteiger partial charge in [-0.2, -0.15) is 4.72 Å². The molecule has 0 spiro atoms. The number of ether oxygens (including phenoxy) is 3. The summed E-state index contributed by atoms with van der Waals surface area (Å²) in [5.41, 5.74) is 5.12. The second kappa shape index (κ2) is 14.4. The Morgan fingerprint density at radius 3 is 2.55 bits per heavy atom. The molecule has 2 rings (SSSR count). The summed E-state index contributed by atoms with van der Waals surface area (Å²) in [5, 5.41) is 3.64. The third-order valence-corrected chi connectivity index (χ3v) is 7.14. The number of nitrogens with two attached hydrogens (primary N) is 1. The minimum Gasteiger partial charge on any atom is -0.475 e. The first-order chi connectivity index (χ1) is 17.8. The van der Waals surface area contributed by atoms with Crippen LogP contribution in [0.25, 0.3) is 0 Å². The zero-order valence-corrected chi connectivity index (χ0v) is 23.4. The number of carbonyl (C=O) groups excluding carboxylic acids is 3. The van der Waals surface area contributed by atoms with Crippen LogP contribution >= 0.6 is 0 Å². The first kappa shape index (κ1) is 31.5. The fourth-order valence-electron chi connectivity index (χ4n) is 3.74. The van der Waals surface area contributed by atoms with E-state index in [1.54, 1.807) is 4.90 Å². The molecule has 216 valence electrons. The van der Waals surface area contributed by atoms with Crippen LogP contribution in [-0.4, -0.2) is 73.7 Å². The summed E-state index contributed by atoms with van der Waals surface area (Å²) in [5.74, 6) is -2.01. The quantitative estimate of drug-likeness (QED) is 0.157. The summed E-state index contributed by atoms with van der Waals surface area (Å²) in [4.78, 5) is 38.0. The van der Waals surface area contributed by atoms with E-state index in [1.165, 1.54) is 6.07 Å². The molecule has 1 atom stereocenters. The van der Waals surface area contributed by atoms with Crippen LogP contribution in [-0.2, 0) is 24.3 Å². The number of hydrogen-bond donors (Lipinski definition) is 2. The topological polar surface area (TPSA) is 180 Å². The summed E-state index contributed by atoms with van der Waals surface area (Å²) < 4.78 is 46.3. The predicted octanol–water partition coefficient (Wildman–Crippen LogP) is 2.56. The number of piperidine rings is 1. The molecule has 13 nitrogen and oxygen atoms in total. The Hall–Kier alpha value is -2.71. The van der Waals surface area contributed by atoms with Gasteiger partial charge in [-0.25, -0.2) is 18.0 Å². The van der Waals surface area contributed by atoms with Crippen molar-refractivity contribution in [3.05, 3.63) is 11.8 Å². The third-order valence-electron chi connectivity index (χ3n) is 5.65. The molecule has 3 N–H and O–H groups in total. The lowest BCUT2D eigenvalue weighted by Gasteiger charge is -2.33. The van der Waals surface area contributed by atoms with Gasteiger partial charge in [-0.15, -0.1) is 0 Å². The summed E-state index contributed by atoms with van der Waals surface area (Å²) in [7, 11) is -3.63. The van der Waals surface area contributed by atoms with Gasteiger partial charge in [-0.05, 0) is 63.9 Å². The van der Waals surface area contributed by atoms with Gasteiger partial charge in [0.05, 0.1) is 31.0 Å². The molecule has 0 aromatic carbocycles. The van der Waals surface area contributed by atoms with E-state index in [4.69, 9.17) is 19.7 Å². The number of nitrogens with zero attached hydrogens (tertiary/aromatic N) is 2. The highest BCUT2D eigenvalue weighted by Crippen LogP contribution is 2.23. The molecule has 1 aromatic rings. The standard InChI is InChI=1S/C24H40N4O9S/c1-5-6-14-38(32,33)27-19(25)16-21(29)35-22(30)18-15-20(26-37-18)34-13-7-8-17-9-11-28(12-10-17)23(31)36-24(2,3)4/h15,17,19,27H,5-14,16,25H2,1-4H3/t19-/m0/s1. The van der Waals surface area contributed by atoms with Crippen LogP contribution in [0.4, 0.5) is 4.79 Å². The van der Waals surface area contributed by atoms with Crippen LogP contribution in [0, 0.1) is 5.92 Å². The van der Waals surface area contributed by atoms with Gasteiger partial charge >= 0.3 is 18.0 Å². The Bertz CT molecular complexity index is 1030. The van der Waals surface area contributed by atoms with E-state index in [1.807, 2.05) is 27.7 Å². The second-order valence-electron chi connectivity index (χ2n) is 10.3. The maximum absolute atomic E-state index is 12.2. The minimum atomic E-state index is -3.63. The van der Waals surface area contributed by atoms with Crippen LogP contribution in [0.3, 0.4) is 0 Å².